The van der Waals surface area contributed by atoms with Gasteiger partial charge in [0.25, 0.3) is 0 Å². The summed E-state index contributed by atoms with van der Waals surface area (Å²) < 4.78 is 5.48. The number of carbonyl (C=O) groups excluding carboxylic acids is 1. The summed E-state index contributed by atoms with van der Waals surface area (Å²) in [5, 5.41) is 4.24. The molecule has 1 fully saturated rings. The van der Waals surface area contributed by atoms with Crippen LogP contribution in [0.5, 0.6) is 5.75 Å². The first kappa shape index (κ1) is 17.7. The van der Waals surface area contributed by atoms with Crippen LogP contribution in [0, 0.1) is 0 Å². The molecule has 27 heavy (non-hydrogen) atoms. The summed E-state index contributed by atoms with van der Waals surface area (Å²) >= 11 is 0. The highest BCUT2D eigenvalue weighted by atomic mass is 16.5. The van der Waals surface area contributed by atoms with Crippen LogP contribution in [0.25, 0.3) is 10.9 Å². The number of rotatable bonds is 4. The molecule has 1 saturated carbocycles. The SMILES string of the molecule is COc1ccccc1C1(C(=O)Nc2ccc3[nH]c(C(C)(C)C)cc3c2)CC1. The second-order valence-corrected chi connectivity index (χ2v) is 8.47. The van der Waals surface area contributed by atoms with Crippen LogP contribution in [-0.2, 0) is 15.6 Å². The number of hydrogen-bond acceptors (Lipinski definition) is 2. The van der Waals surface area contributed by atoms with Gasteiger partial charge in [-0.3, -0.25) is 4.79 Å². The number of para-hydroxylation sites is 1. The number of hydrogen-bond donors (Lipinski definition) is 2. The minimum absolute atomic E-state index is 0.0398. The number of aromatic nitrogens is 1. The number of nitrogens with one attached hydrogen (secondary N) is 2. The van der Waals surface area contributed by atoms with Crippen molar-refractivity contribution in [1.82, 2.24) is 4.98 Å². The topological polar surface area (TPSA) is 54.1 Å². The molecule has 0 aliphatic heterocycles. The third kappa shape index (κ3) is 3.09. The zero-order chi connectivity index (χ0) is 19.2. The Bertz CT molecular complexity index is 1010. The third-order valence-corrected chi connectivity index (χ3v) is 5.49. The van der Waals surface area contributed by atoms with Crippen molar-refractivity contribution in [3.8, 4) is 5.75 Å². The van der Waals surface area contributed by atoms with E-state index < -0.39 is 5.41 Å². The first-order chi connectivity index (χ1) is 12.8. The standard InChI is InChI=1S/C23H26N2O2/c1-22(2,3)20-14-15-13-16(9-10-18(15)25-20)24-21(26)23(11-12-23)17-7-5-6-8-19(17)27-4/h5-10,13-14,25H,11-12H2,1-4H3,(H,24,26). The molecule has 0 unspecified atom stereocenters. The van der Waals surface area contributed by atoms with Crippen molar-refractivity contribution in [3.63, 3.8) is 0 Å². The van der Waals surface area contributed by atoms with Gasteiger partial charge in [0.2, 0.25) is 5.91 Å². The zero-order valence-corrected chi connectivity index (χ0v) is 16.3. The smallest absolute Gasteiger partial charge is 0.235 e. The molecular weight excluding hydrogens is 336 g/mol. The van der Waals surface area contributed by atoms with E-state index in [1.165, 1.54) is 5.69 Å². The van der Waals surface area contributed by atoms with Gasteiger partial charge in [-0.05, 0) is 43.2 Å². The van der Waals surface area contributed by atoms with Crippen LogP contribution in [0.15, 0.2) is 48.5 Å². The highest BCUT2D eigenvalue weighted by Gasteiger charge is 2.52. The van der Waals surface area contributed by atoms with Gasteiger partial charge in [-0.1, -0.05) is 39.0 Å². The van der Waals surface area contributed by atoms with Crippen molar-refractivity contribution >= 4 is 22.5 Å². The maximum atomic E-state index is 13.1. The normalized spacial score (nSPS) is 15.6. The molecule has 0 saturated heterocycles. The van der Waals surface area contributed by atoms with Crippen molar-refractivity contribution in [2.24, 2.45) is 0 Å². The van der Waals surface area contributed by atoms with Crippen LogP contribution in [0.2, 0.25) is 0 Å². The maximum absolute atomic E-state index is 13.1. The Morgan fingerprint density at radius 2 is 1.85 bits per heavy atom. The Morgan fingerprint density at radius 3 is 2.52 bits per heavy atom. The lowest BCUT2D eigenvalue weighted by Gasteiger charge is -2.18. The molecule has 0 atom stereocenters. The molecule has 0 radical (unpaired) electrons. The van der Waals surface area contributed by atoms with E-state index in [0.717, 1.165) is 40.7 Å². The fourth-order valence-electron chi connectivity index (χ4n) is 3.65. The van der Waals surface area contributed by atoms with E-state index in [9.17, 15) is 4.79 Å². The quantitative estimate of drug-likeness (QED) is 0.675. The Hall–Kier alpha value is -2.75. The first-order valence-corrected chi connectivity index (χ1v) is 9.42. The molecule has 4 rings (SSSR count). The molecule has 1 heterocycles. The summed E-state index contributed by atoms with van der Waals surface area (Å²) in [6, 6.07) is 16.0. The predicted octanol–water partition coefficient (Wildman–Crippen LogP) is 5.14. The van der Waals surface area contributed by atoms with Crippen LogP contribution in [0.4, 0.5) is 5.69 Å². The van der Waals surface area contributed by atoms with Gasteiger partial charge in [0.1, 0.15) is 5.75 Å². The van der Waals surface area contributed by atoms with E-state index in [1.54, 1.807) is 7.11 Å². The molecule has 140 valence electrons. The van der Waals surface area contributed by atoms with Crippen molar-refractivity contribution in [3.05, 3.63) is 59.8 Å². The number of amides is 1. The molecule has 3 aromatic rings. The van der Waals surface area contributed by atoms with Gasteiger partial charge in [0, 0.05) is 33.3 Å². The molecule has 1 amide bonds. The number of ether oxygens (including phenoxy) is 1. The minimum Gasteiger partial charge on any atom is -0.496 e. The van der Waals surface area contributed by atoms with E-state index in [2.05, 4.69) is 37.1 Å². The molecule has 2 N–H and O–H groups in total. The van der Waals surface area contributed by atoms with E-state index in [0.29, 0.717) is 0 Å². The van der Waals surface area contributed by atoms with Crippen molar-refractivity contribution in [2.75, 3.05) is 12.4 Å². The number of methoxy groups -OCH3 is 1. The Kier molecular flexibility index (Phi) is 4.02. The van der Waals surface area contributed by atoms with Gasteiger partial charge in [-0.25, -0.2) is 0 Å². The molecule has 0 spiro atoms. The lowest BCUT2D eigenvalue weighted by atomic mass is 9.92. The van der Waals surface area contributed by atoms with Crippen molar-refractivity contribution in [1.29, 1.82) is 0 Å². The van der Waals surface area contributed by atoms with Gasteiger partial charge in [-0.15, -0.1) is 0 Å². The van der Waals surface area contributed by atoms with Crippen LogP contribution < -0.4 is 10.1 Å². The highest BCUT2D eigenvalue weighted by molar-refractivity contribution is 6.03. The summed E-state index contributed by atoms with van der Waals surface area (Å²) in [5.74, 6) is 0.819. The second-order valence-electron chi connectivity index (χ2n) is 8.47. The van der Waals surface area contributed by atoms with Gasteiger partial charge in [0.05, 0.1) is 12.5 Å². The van der Waals surface area contributed by atoms with Gasteiger partial charge < -0.3 is 15.0 Å². The first-order valence-electron chi connectivity index (χ1n) is 9.42. The Labute approximate surface area is 159 Å². The van der Waals surface area contributed by atoms with E-state index in [4.69, 9.17) is 4.74 Å². The number of aromatic amines is 1. The Balaban J connectivity index is 1.61. The minimum atomic E-state index is -0.476. The van der Waals surface area contributed by atoms with E-state index >= 15 is 0 Å². The monoisotopic (exact) mass is 362 g/mol. The molecule has 0 bridgehead atoms. The van der Waals surface area contributed by atoms with E-state index in [1.807, 2.05) is 42.5 Å². The lowest BCUT2D eigenvalue weighted by molar-refractivity contribution is -0.118. The molecule has 1 aliphatic carbocycles. The van der Waals surface area contributed by atoms with Gasteiger partial charge in [0.15, 0.2) is 0 Å². The molecule has 4 nitrogen and oxygen atoms in total. The number of H-pyrrole nitrogens is 1. The number of anilines is 1. The average Bonchev–Trinajstić information content (AvgIpc) is 3.33. The van der Waals surface area contributed by atoms with Crippen molar-refractivity contribution < 1.29 is 9.53 Å². The Morgan fingerprint density at radius 1 is 1.11 bits per heavy atom. The summed E-state index contributed by atoms with van der Waals surface area (Å²) in [4.78, 5) is 16.6. The molecule has 1 aliphatic rings. The van der Waals surface area contributed by atoms with Crippen LogP contribution >= 0.6 is 0 Å². The number of carbonyl (C=O) groups is 1. The van der Waals surface area contributed by atoms with Gasteiger partial charge >= 0.3 is 0 Å². The molecular formula is C23H26N2O2. The van der Waals surface area contributed by atoms with Crippen LogP contribution in [-0.4, -0.2) is 18.0 Å². The molecule has 2 aromatic carbocycles. The predicted molar refractivity (Wildman–Crippen MR) is 110 cm³/mol. The lowest BCUT2D eigenvalue weighted by Crippen LogP contribution is -2.28. The summed E-state index contributed by atoms with van der Waals surface area (Å²) in [5.41, 5.74) is 3.66. The fraction of sp³-hybridized carbons (Fsp3) is 0.348. The maximum Gasteiger partial charge on any atom is 0.235 e. The summed E-state index contributed by atoms with van der Waals surface area (Å²) in [6.07, 6.45) is 1.69. The summed E-state index contributed by atoms with van der Waals surface area (Å²) in [7, 11) is 1.65. The zero-order valence-electron chi connectivity index (χ0n) is 16.3. The molecule has 1 aromatic heterocycles. The fourth-order valence-corrected chi connectivity index (χ4v) is 3.65. The third-order valence-electron chi connectivity index (χ3n) is 5.49. The largest absolute Gasteiger partial charge is 0.496 e. The summed E-state index contributed by atoms with van der Waals surface area (Å²) in [6.45, 7) is 6.56. The number of fused-ring (bicyclic) bond motifs is 1. The van der Waals surface area contributed by atoms with Crippen molar-refractivity contribution in [2.45, 2.75) is 44.4 Å². The average molecular weight is 362 g/mol. The van der Waals surface area contributed by atoms with E-state index in [-0.39, 0.29) is 11.3 Å². The van der Waals surface area contributed by atoms with Crippen LogP contribution in [0.1, 0.15) is 44.9 Å². The highest BCUT2D eigenvalue weighted by Crippen LogP contribution is 2.52. The van der Waals surface area contributed by atoms with Crippen LogP contribution in [0.3, 0.4) is 0 Å². The second kappa shape index (κ2) is 6.15. The molecule has 4 heteroatoms. The van der Waals surface area contributed by atoms with Gasteiger partial charge in [-0.2, -0.15) is 0 Å². The number of benzene rings is 2.